The number of hydrogen-bond donors (Lipinski definition) is 1. The van der Waals surface area contributed by atoms with Crippen LogP contribution < -0.4 is 5.32 Å². The first-order valence-electron chi connectivity index (χ1n) is 5.54. The van der Waals surface area contributed by atoms with E-state index in [0.29, 0.717) is 16.9 Å². The van der Waals surface area contributed by atoms with Crippen LogP contribution in [-0.4, -0.2) is 18.1 Å². The van der Waals surface area contributed by atoms with Crippen molar-refractivity contribution >= 4 is 17.5 Å². The van der Waals surface area contributed by atoms with Crippen LogP contribution in [0.5, 0.6) is 0 Å². The third kappa shape index (κ3) is 3.07. The first-order chi connectivity index (χ1) is 9.22. The number of nitrogens with zero attached hydrogens (tertiary/aromatic N) is 2. The molecule has 19 heavy (non-hydrogen) atoms. The zero-order valence-corrected chi connectivity index (χ0v) is 10.3. The summed E-state index contributed by atoms with van der Waals surface area (Å²) in [6, 6.07) is 12.3. The summed E-state index contributed by atoms with van der Waals surface area (Å²) in [6.07, 6.45) is 1.48. The van der Waals surface area contributed by atoms with E-state index in [-0.39, 0.29) is 0 Å². The Hall–Kier alpha value is -2.87. The number of carbonyl (C=O) groups excluding carboxylic acids is 1. The van der Waals surface area contributed by atoms with Gasteiger partial charge in [0.05, 0.1) is 18.2 Å². The van der Waals surface area contributed by atoms with Crippen molar-refractivity contribution in [1.29, 1.82) is 5.26 Å². The maximum Gasteiger partial charge on any atom is 0.337 e. The Balaban J connectivity index is 2.18. The fourth-order valence-electron chi connectivity index (χ4n) is 1.52. The summed E-state index contributed by atoms with van der Waals surface area (Å²) in [4.78, 5) is 15.5. The maximum atomic E-state index is 11.4. The Morgan fingerprint density at radius 3 is 2.84 bits per heavy atom. The minimum Gasteiger partial charge on any atom is -0.465 e. The van der Waals surface area contributed by atoms with Crippen molar-refractivity contribution < 1.29 is 9.53 Å². The molecule has 0 unspecified atom stereocenters. The fraction of sp³-hybridized carbons (Fsp3) is 0.0714. The number of carbonyl (C=O) groups is 1. The van der Waals surface area contributed by atoms with Crippen LogP contribution in [0.3, 0.4) is 0 Å². The van der Waals surface area contributed by atoms with Crippen molar-refractivity contribution in [1.82, 2.24) is 4.98 Å². The van der Waals surface area contributed by atoms with Crippen LogP contribution in [0.1, 0.15) is 15.9 Å². The highest BCUT2D eigenvalue weighted by Crippen LogP contribution is 2.16. The lowest BCUT2D eigenvalue weighted by Crippen LogP contribution is -2.02. The molecule has 0 radical (unpaired) electrons. The predicted octanol–water partition coefficient (Wildman–Crippen LogP) is 2.48. The Morgan fingerprint density at radius 1 is 1.37 bits per heavy atom. The number of anilines is 2. The molecular weight excluding hydrogens is 242 g/mol. The van der Waals surface area contributed by atoms with Crippen LogP contribution in [-0.2, 0) is 4.74 Å². The zero-order valence-electron chi connectivity index (χ0n) is 10.3. The van der Waals surface area contributed by atoms with Gasteiger partial charge in [-0.2, -0.15) is 5.26 Å². The molecule has 1 aromatic carbocycles. The maximum absolute atomic E-state index is 11.4. The van der Waals surface area contributed by atoms with Crippen molar-refractivity contribution in [2.24, 2.45) is 0 Å². The lowest BCUT2D eigenvalue weighted by molar-refractivity contribution is 0.0601. The Morgan fingerprint density at radius 2 is 2.21 bits per heavy atom. The second-order valence-corrected chi connectivity index (χ2v) is 3.74. The van der Waals surface area contributed by atoms with E-state index >= 15 is 0 Å². The number of benzene rings is 1. The highest BCUT2D eigenvalue weighted by atomic mass is 16.5. The topological polar surface area (TPSA) is 75.0 Å². The third-order valence-electron chi connectivity index (χ3n) is 2.45. The summed E-state index contributed by atoms with van der Waals surface area (Å²) in [5, 5.41) is 11.7. The molecule has 94 valence electrons. The van der Waals surface area contributed by atoms with Crippen LogP contribution in [0.2, 0.25) is 0 Å². The van der Waals surface area contributed by atoms with Gasteiger partial charge in [0.1, 0.15) is 11.9 Å². The molecule has 2 aromatic rings. The Bertz CT molecular complexity index is 630. The van der Waals surface area contributed by atoms with E-state index < -0.39 is 5.97 Å². The molecule has 0 spiro atoms. The number of aromatic nitrogens is 1. The van der Waals surface area contributed by atoms with Crippen LogP contribution in [0.4, 0.5) is 11.5 Å². The second kappa shape index (κ2) is 5.65. The van der Waals surface area contributed by atoms with E-state index in [1.54, 1.807) is 30.3 Å². The van der Waals surface area contributed by atoms with Crippen molar-refractivity contribution in [2.75, 3.05) is 12.4 Å². The van der Waals surface area contributed by atoms with Crippen molar-refractivity contribution in [3.63, 3.8) is 0 Å². The average molecular weight is 253 g/mol. The number of hydrogen-bond acceptors (Lipinski definition) is 5. The Kier molecular flexibility index (Phi) is 3.74. The van der Waals surface area contributed by atoms with E-state index in [4.69, 9.17) is 5.26 Å². The number of ether oxygens (including phenoxy) is 1. The lowest BCUT2D eigenvalue weighted by atomic mass is 10.2. The van der Waals surface area contributed by atoms with Crippen LogP contribution >= 0.6 is 0 Å². The first kappa shape index (κ1) is 12.6. The lowest BCUT2D eigenvalue weighted by Gasteiger charge is -2.06. The summed E-state index contributed by atoms with van der Waals surface area (Å²) >= 11 is 0. The van der Waals surface area contributed by atoms with Gasteiger partial charge < -0.3 is 10.1 Å². The molecule has 0 saturated carbocycles. The average Bonchev–Trinajstić information content (AvgIpc) is 2.47. The van der Waals surface area contributed by atoms with Crippen LogP contribution in [0.25, 0.3) is 0 Å². The van der Waals surface area contributed by atoms with Crippen molar-refractivity contribution in [2.45, 2.75) is 0 Å². The van der Waals surface area contributed by atoms with E-state index in [0.717, 1.165) is 5.69 Å². The number of pyridine rings is 1. The zero-order chi connectivity index (χ0) is 13.7. The molecule has 1 aromatic heterocycles. The first-order valence-corrected chi connectivity index (χ1v) is 5.54. The monoisotopic (exact) mass is 253 g/mol. The number of methoxy groups -OCH3 is 1. The van der Waals surface area contributed by atoms with Crippen molar-refractivity contribution in [3.8, 4) is 6.07 Å². The number of rotatable bonds is 3. The number of nitrogens with one attached hydrogen (secondary N) is 1. The van der Waals surface area contributed by atoms with E-state index in [1.165, 1.54) is 13.3 Å². The molecule has 5 nitrogen and oxygen atoms in total. The minimum atomic E-state index is -0.392. The van der Waals surface area contributed by atoms with E-state index in [1.807, 2.05) is 12.1 Å². The van der Waals surface area contributed by atoms with Gasteiger partial charge in [-0.05, 0) is 30.3 Å². The van der Waals surface area contributed by atoms with Crippen LogP contribution in [0, 0.1) is 11.3 Å². The van der Waals surface area contributed by atoms with Crippen LogP contribution in [0.15, 0.2) is 42.6 Å². The summed E-state index contributed by atoms with van der Waals surface area (Å²) in [5.41, 5.74) is 1.68. The van der Waals surface area contributed by atoms with Gasteiger partial charge in [-0.3, -0.25) is 0 Å². The van der Waals surface area contributed by atoms with E-state index in [9.17, 15) is 4.79 Å². The van der Waals surface area contributed by atoms with Gasteiger partial charge in [0.2, 0.25) is 0 Å². The van der Waals surface area contributed by atoms with Crippen molar-refractivity contribution in [3.05, 3.63) is 53.7 Å². The molecule has 0 aliphatic rings. The number of esters is 1. The normalized spacial score (nSPS) is 9.47. The fourth-order valence-corrected chi connectivity index (χ4v) is 1.52. The molecule has 0 bridgehead atoms. The smallest absolute Gasteiger partial charge is 0.337 e. The quantitative estimate of drug-likeness (QED) is 0.850. The second-order valence-electron chi connectivity index (χ2n) is 3.74. The molecule has 1 N–H and O–H groups in total. The molecule has 1 heterocycles. The van der Waals surface area contributed by atoms with E-state index in [2.05, 4.69) is 15.0 Å². The molecule has 2 rings (SSSR count). The van der Waals surface area contributed by atoms with Gasteiger partial charge in [-0.1, -0.05) is 6.07 Å². The minimum absolute atomic E-state index is 0.392. The Labute approximate surface area is 110 Å². The third-order valence-corrected chi connectivity index (χ3v) is 2.45. The van der Waals surface area contributed by atoms with Gasteiger partial charge in [0.25, 0.3) is 0 Å². The molecular formula is C14H11N3O2. The summed E-state index contributed by atoms with van der Waals surface area (Å²) in [7, 11) is 1.34. The molecule has 5 heteroatoms. The standard InChI is InChI=1S/C14H11N3O2/c1-19-14(18)11-3-2-4-12(7-11)17-13-6-5-10(8-15)9-16-13/h2-7,9H,1H3,(H,16,17). The predicted molar refractivity (Wildman–Crippen MR) is 70.0 cm³/mol. The van der Waals surface area contributed by atoms with Gasteiger partial charge >= 0.3 is 5.97 Å². The molecule has 0 aliphatic carbocycles. The van der Waals surface area contributed by atoms with Gasteiger partial charge in [0, 0.05) is 11.9 Å². The highest BCUT2D eigenvalue weighted by Gasteiger charge is 2.05. The summed E-state index contributed by atoms with van der Waals surface area (Å²) < 4.78 is 4.65. The molecule has 0 fully saturated rings. The SMILES string of the molecule is COC(=O)c1cccc(Nc2ccc(C#N)cn2)c1. The summed E-state index contributed by atoms with van der Waals surface area (Å²) in [6.45, 7) is 0. The number of nitriles is 1. The molecule has 0 atom stereocenters. The van der Waals surface area contributed by atoms with Gasteiger partial charge in [0.15, 0.2) is 0 Å². The highest BCUT2D eigenvalue weighted by molar-refractivity contribution is 5.90. The molecule has 0 aliphatic heterocycles. The molecule has 0 saturated heterocycles. The summed E-state index contributed by atoms with van der Waals surface area (Å²) in [5.74, 6) is 0.206. The largest absolute Gasteiger partial charge is 0.465 e. The van der Waals surface area contributed by atoms with Gasteiger partial charge in [-0.15, -0.1) is 0 Å². The molecule has 0 amide bonds. The van der Waals surface area contributed by atoms with Gasteiger partial charge in [-0.25, -0.2) is 9.78 Å².